The van der Waals surface area contributed by atoms with Crippen molar-refractivity contribution in [3.05, 3.63) is 0 Å². The van der Waals surface area contributed by atoms with Gasteiger partial charge in [-0.25, -0.2) is 0 Å². The van der Waals surface area contributed by atoms with Crippen LogP contribution in [0, 0.1) is 5.92 Å². The minimum absolute atomic E-state index is 0.00463. The fourth-order valence-electron chi connectivity index (χ4n) is 1.66. The fraction of sp³-hybridized carbons (Fsp3) is 0.833. The van der Waals surface area contributed by atoms with Crippen LogP contribution in [-0.4, -0.2) is 62.4 Å². The topological polar surface area (TPSA) is 111 Å². The molecule has 0 bridgehead atoms. The molecule has 0 radical (unpaired) electrons. The van der Waals surface area contributed by atoms with Gasteiger partial charge in [0.05, 0.1) is 24.9 Å². The van der Waals surface area contributed by atoms with Gasteiger partial charge in [0.25, 0.3) is 0 Å². The van der Waals surface area contributed by atoms with Gasteiger partial charge < -0.3 is 30.4 Å². The summed E-state index contributed by atoms with van der Waals surface area (Å²) >= 11 is 0. The van der Waals surface area contributed by atoms with Crippen LogP contribution in [0.3, 0.4) is 0 Å². The Kier molecular flexibility index (Phi) is 8.49. The standard InChI is InChI=1S/C9H17NO4.C3H7NO/c1-5-7(4-13-2)14-6(3-11)8(10)9(5)12;1-3(5)4-2/h3,5-9,12H,4,10H2,1-2H3;1-2H3,(H,4,5)/t5-,6+,7?,8?,9?;/m1./s1. The number of rotatable bonds is 3. The summed E-state index contributed by atoms with van der Waals surface area (Å²) < 4.78 is 10.3. The van der Waals surface area contributed by atoms with Crippen molar-refractivity contribution in [2.24, 2.45) is 11.7 Å². The van der Waals surface area contributed by atoms with Crippen molar-refractivity contribution in [1.29, 1.82) is 0 Å². The lowest BCUT2D eigenvalue weighted by Gasteiger charge is -2.40. The average molecular weight is 276 g/mol. The van der Waals surface area contributed by atoms with Crippen molar-refractivity contribution in [3.63, 3.8) is 0 Å². The molecule has 5 atom stereocenters. The molecule has 1 heterocycles. The van der Waals surface area contributed by atoms with E-state index in [-0.39, 0.29) is 17.9 Å². The zero-order valence-corrected chi connectivity index (χ0v) is 11.8. The van der Waals surface area contributed by atoms with E-state index in [1.807, 2.05) is 6.92 Å². The Bertz CT molecular complexity index is 287. The van der Waals surface area contributed by atoms with Gasteiger partial charge in [0, 0.05) is 27.0 Å². The highest BCUT2D eigenvalue weighted by Crippen LogP contribution is 2.24. The first-order valence-electron chi connectivity index (χ1n) is 6.10. The lowest BCUT2D eigenvalue weighted by atomic mass is 9.87. The highest BCUT2D eigenvalue weighted by atomic mass is 16.5. The van der Waals surface area contributed by atoms with Crippen molar-refractivity contribution < 1.29 is 24.2 Å². The molecule has 7 heteroatoms. The van der Waals surface area contributed by atoms with E-state index in [2.05, 4.69) is 5.32 Å². The van der Waals surface area contributed by atoms with Crippen LogP contribution in [0.15, 0.2) is 0 Å². The molecule has 1 aliphatic heterocycles. The number of carbonyl (C=O) groups is 2. The molecule has 0 aromatic carbocycles. The highest BCUT2D eigenvalue weighted by Gasteiger charge is 2.40. The first-order chi connectivity index (χ1) is 8.88. The van der Waals surface area contributed by atoms with E-state index >= 15 is 0 Å². The van der Waals surface area contributed by atoms with Gasteiger partial charge in [0.15, 0.2) is 0 Å². The van der Waals surface area contributed by atoms with E-state index < -0.39 is 18.2 Å². The molecule has 7 nitrogen and oxygen atoms in total. The van der Waals surface area contributed by atoms with E-state index in [0.29, 0.717) is 12.9 Å². The number of nitrogens with one attached hydrogen (secondary N) is 1. The number of hydrogen-bond acceptors (Lipinski definition) is 6. The maximum Gasteiger partial charge on any atom is 0.216 e. The Balaban J connectivity index is 0.000000555. The number of methoxy groups -OCH3 is 1. The van der Waals surface area contributed by atoms with Gasteiger partial charge in [-0.2, -0.15) is 0 Å². The zero-order chi connectivity index (χ0) is 15.0. The van der Waals surface area contributed by atoms with Crippen molar-refractivity contribution in [2.45, 2.75) is 38.2 Å². The van der Waals surface area contributed by atoms with Crippen LogP contribution in [-0.2, 0) is 19.1 Å². The maximum atomic E-state index is 10.6. The minimum Gasteiger partial charge on any atom is -0.391 e. The van der Waals surface area contributed by atoms with E-state index in [9.17, 15) is 14.7 Å². The molecule has 0 aromatic rings. The maximum absolute atomic E-state index is 10.6. The summed E-state index contributed by atoms with van der Waals surface area (Å²) in [5, 5.41) is 12.1. The molecule has 1 amide bonds. The van der Waals surface area contributed by atoms with E-state index in [0.717, 1.165) is 0 Å². The molecule has 1 fully saturated rings. The Morgan fingerprint density at radius 1 is 1.58 bits per heavy atom. The smallest absolute Gasteiger partial charge is 0.216 e. The first-order valence-corrected chi connectivity index (χ1v) is 6.10. The van der Waals surface area contributed by atoms with Crippen LogP contribution >= 0.6 is 0 Å². The van der Waals surface area contributed by atoms with Crippen LogP contribution in [0.4, 0.5) is 0 Å². The normalized spacial score (nSPS) is 33.9. The van der Waals surface area contributed by atoms with Gasteiger partial charge in [-0.15, -0.1) is 0 Å². The van der Waals surface area contributed by atoms with E-state index in [1.165, 1.54) is 6.92 Å². The van der Waals surface area contributed by atoms with Crippen LogP contribution in [0.2, 0.25) is 0 Å². The Labute approximate surface area is 113 Å². The first kappa shape index (κ1) is 18.0. The summed E-state index contributed by atoms with van der Waals surface area (Å²) in [6.07, 6.45) is -1.10. The lowest BCUT2D eigenvalue weighted by Crippen LogP contribution is -2.59. The molecule has 0 saturated carbocycles. The van der Waals surface area contributed by atoms with Crippen molar-refractivity contribution >= 4 is 12.2 Å². The molecular formula is C12H24N2O5. The van der Waals surface area contributed by atoms with Gasteiger partial charge in [-0.1, -0.05) is 6.92 Å². The molecule has 1 aliphatic rings. The van der Waals surface area contributed by atoms with Crippen LogP contribution < -0.4 is 11.1 Å². The number of aldehydes is 1. The second-order valence-corrected chi connectivity index (χ2v) is 4.46. The van der Waals surface area contributed by atoms with Gasteiger partial charge in [-0.3, -0.25) is 4.79 Å². The van der Waals surface area contributed by atoms with Gasteiger partial charge >= 0.3 is 0 Å². The van der Waals surface area contributed by atoms with E-state index in [1.54, 1.807) is 14.2 Å². The summed E-state index contributed by atoms with van der Waals surface area (Å²) in [6, 6.07) is -0.643. The average Bonchev–Trinajstić information content (AvgIpc) is 2.40. The molecule has 112 valence electrons. The molecule has 3 unspecified atom stereocenters. The van der Waals surface area contributed by atoms with Gasteiger partial charge in [0.1, 0.15) is 12.4 Å². The predicted molar refractivity (Wildman–Crippen MR) is 69.5 cm³/mol. The highest BCUT2D eigenvalue weighted by molar-refractivity contribution is 5.72. The fourth-order valence-corrected chi connectivity index (χ4v) is 1.66. The van der Waals surface area contributed by atoms with E-state index in [4.69, 9.17) is 15.2 Å². The SMILES string of the molecule is CNC(C)=O.COCC1O[C@@H](C=O)C(N)C(O)[C@@H]1C. The third-order valence-electron chi connectivity index (χ3n) is 3.05. The molecule has 0 spiro atoms. The van der Waals surface area contributed by atoms with Crippen molar-refractivity contribution in [2.75, 3.05) is 20.8 Å². The Hall–Kier alpha value is -1.02. The summed E-state index contributed by atoms with van der Waals surface area (Å²) in [6.45, 7) is 3.66. The van der Waals surface area contributed by atoms with Crippen molar-refractivity contribution in [3.8, 4) is 0 Å². The molecule has 0 aromatic heterocycles. The largest absolute Gasteiger partial charge is 0.391 e. The number of carbonyl (C=O) groups excluding carboxylic acids is 2. The molecule has 19 heavy (non-hydrogen) atoms. The summed E-state index contributed by atoms with van der Waals surface area (Å²) in [5.41, 5.74) is 5.63. The number of amides is 1. The summed E-state index contributed by atoms with van der Waals surface area (Å²) in [4.78, 5) is 20.3. The number of aliphatic hydroxyl groups is 1. The summed E-state index contributed by atoms with van der Waals surface area (Å²) in [7, 11) is 3.15. The van der Waals surface area contributed by atoms with Crippen LogP contribution in [0.25, 0.3) is 0 Å². The second-order valence-electron chi connectivity index (χ2n) is 4.46. The zero-order valence-electron chi connectivity index (χ0n) is 11.8. The monoisotopic (exact) mass is 276 g/mol. The number of hydrogen-bond donors (Lipinski definition) is 3. The van der Waals surface area contributed by atoms with Crippen molar-refractivity contribution in [1.82, 2.24) is 5.32 Å². The quantitative estimate of drug-likeness (QED) is 0.551. The molecule has 1 rings (SSSR count). The third kappa shape index (κ3) is 5.65. The van der Waals surface area contributed by atoms with Crippen LogP contribution in [0.5, 0.6) is 0 Å². The minimum atomic E-state index is -0.735. The van der Waals surface area contributed by atoms with Gasteiger partial charge in [0.2, 0.25) is 5.91 Å². The second kappa shape index (κ2) is 8.98. The molecule has 4 N–H and O–H groups in total. The summed E-state index contributed by atoms with van der Waals surface area (Å²) in [5.74, 6) is -0.119. The number of ether oxygens (including phenoxy) is 2. The van der Waals surface area contributed by atoms with Crippen LogP contribution in [0.1, 0.15) is 13.8 Å². The third-order valence-corrected chi connectivity index (χ3v) is 3.05. The Morgan fingerprint density at radius 2 is 2.11 bits per heavy atom. The molecule has 1 saturated heterocycles. The molecular weight excluding hydrogens is 252 g/mol. The molecule has 0 aliphatic carbocycles. The lowest BCUT2D eigenvalue weighted by molar-refractivity contribution is -0.163. The number of aliphatic hydroxyl groups excluding tert-OH is 1. The van der Waals surface area contributed by atoms with Gasteiger partial charge in [-0.05, 0) is 0 Å². The predicted octanol–water partition coefficient (Wildman–Crippen LogP) is -1.32. The number of nitrogens with two attached hydrogens (primary N) is 1. The Morgan fingerprint density at radius 3 is 2.47 bits per heavy atom.